The van der Waals surface area contributed by atoms with Gasteiger partial charge in [0.25, 0.3) is 11.7 Å². The lowest BCUT2D eigenvalue weighted by Crippen LogP contribution is -2.33. The molecule has 1 fully saturated rings. The first-order valence-corrected chi connectivity index (χ1v) is 11.6. The second-order valence-electron chi connectivity index (χ2n) is 8.37. The van der Waals surface area contributed by atoms with E-state index in [1.807, 2.05) is 6.07 Å². The van der Waals surface area contributed by atoms with Crippen molar-refractivity contribution < 1.29 is 19.1 Å². The fourth-order valence-electron chi connectivity index (χ4n) is 4.66. The number of aryl methyl sites for hydroxylation is 1. The lowest BCUT2D eigenvalue weighted by Gasteiger charge is -2.27. The van der Waals surface area contributed by atoms with E-state index in [4.69, 9.17) is 0 Å². The Hall–Kier alpha value is -3.52. The molecule has 1 aromatic carbocycles. The summed E-state index contributed by atoms with van der Waals surface area (Å²) in [5.74, 6) is -2.45. The maximum absolute atomic E-state index is 15.0. The summed E-state index contributed by atoms with van der Waals surface area (Å²) >= 11 is 0. The number of hydrogen-bond donors (Lipinski definition) is 1. The molecule has 0 bridgehead atoms. The van der Waals surface area contributed by atoms with Gasteiger partial charge in [-0.05, 0) is 51.2 Å². The number of benzene rings is 1. The first kappa shape index (κ1) is 23.6. The van der Waals surface area contributed by atoms with Gasteiger partial charge in [-0.2, -0.15) is 0 Å². The molecule has 1 aliphatic rings. The molecule has 2 aromatic heterocycles. The summed E-state index contributed by atoms with van der Waals surface area (Å²) in [6, 6.07) is 10.4. The zero-order valence-corrected chi connectivity index (χ0v) is 19.7. The van der Waals surface area contributed by atoms with Gasteiger partial charge in [0.05, 0.1) is 17.3 Å². The van der Waals surface area contributed by atoms with Crippen molar-refractivity contribution in [2.24, 2.45) is 0 Å². The Morgan fingerprint density at radius 2 is 1.82 bits per heavy atom. The summed E-state index contributed by atoms with van der Waals surface area (Å²) in [7, 11) is 0. The maximum atomic E-state index is 15.0. The van der Waals surface area contributed by atoms with Crippen LogP contribution in [0.15, 0.2) is 54.2 Å². The van der Waals surface area contributed by atoms with Gasteiger partial charge < -0.3 is 14.9 Å². The number of aromatic nitrogens is 2. The summed E-state index contributed by atoms with van der Waals surface area (Å²) in [5, 5.41) is 11.4. The molecule has 1 aliphatic heterocycles. The van der Waals surface area contributed by atoms with Gasteiger partial charge in [-0.1, -0.05) is 38.1 Å². The summed E-state index contributed by atoms with van der Waals surface area (Å²) < 4.78 is 16.6. The zero-order valence-electron chi connectivity index (χ0n) is 19.7. The molecule has 3 heterocycles. The van der Waals surface area contributed by atoms with Gasteiger partial charge in [-0.15, -0.1) is 0 Å². The van der Waals surface area contributed by atoms with Gasteiger partial charge in [0.1, 0.15) is 17.2 Å². The third-order valence-electron chi connectivity index (χ3n) is 6.44. The number of ketones is 1. The van der Waals surface area contributed by atoms with Crippen molar-refractivity contribution in [3.63, 3.8) is 0 Å². The average molecular weight is 465 g/mol. The quantitative estimate of drug-likeness (QED) is 0.310. The van der Waals surface area contributed by atoms with Crippen molar-refractivity contribution in [3.8, 4) is 0 Å². The van der Waals surface area contributed by atoms with E-state index in [9.17, 15) is 19.1 Å². The first-order chi connectivity index (χ1) is 16.4. The fourth-order valence-corrected chi connectivity index (χ4v) is 4.66. The summed E-state index contributed by atoms with van der Waals surface area (Å²) in [4.78, 5) is 34.4. The first-order valence-electron chi connectivity index (χ1n) is 11.6. The van der Waals surface area contributed by atoms with Crippen molar-refractivity contribution >= 4 is 23.1 Å². The molecule has 1 atom stereocenters. The lowest BCUT2D eigenvalue weighted by molar-refractivity contribution is -0.140. The molecule has 0 spiro atoms. The van der Waals surface area contributed by atoms with E-state index in [2.05, 4.69) is 23.7 Å². The molecule has 4 rings (SSSR count). The number of halogens is 1. The third kappa shape index (κ3) is 4.09. The van der Waals surface area contributed by atoms with Crippen LogP contribution in [0.25, 0.3) is 11.4 Å². The number of likely N-dealkylation sites (tertiary alicyclic amines) is 1. The van der Waals surface area contributed by atoms with Crippen molar-refractivity contribution in [3.05, 3.63) is 77.0 Å². The standard InChI is InChI=1S/C26H29FN4O3/c1-4-29(5-2)14-10-16-31-23(18-11-6-7-12-19(18)27)21(25(33)26(31)34)24(32)22-17(3)28-20-13-8-9-15-30(20)22/h6-9,11-13,15,23,32H,4-5,10,14,16H2,1-3H3/b24-21+. The topological polar surface area (TPSA) is 78.2 Å². The number of fused-ring (bicyclic) bond motifs is 1. The van der Waals surface area contributed by atoms with E-state index >= 15 is 0 Å². The normalized spacial score (nSPS) is 17.9. The number of Topliss-reactive ketones (excluding diaryl/α,β-unsaturated/α-hetero) is 1. The van der Waals surface area contributed by atoms with Crippen LogP contribution < -0.4 is 0 Å². The molecule has 1 amide bonds. The molecule has 1 saturated heterocycles. The van der Waals surface area contributed by atoms with Gasteiger partial charge in [0.2, 0.25) is 0 Å². The van der Waals surface area contributed by atoms with Gasteiger partial charge in [0, 0.05) is 18.3 Å². The molecular weight excluding hydrogens is 435 g/mol. The third-order valence-corrected chi connectivity index (χ3v) is 6.44. The minimum absolute atomic E-state index is 0.119. The van der Waals surface area contributed by atoms with Crippen LogP contribution >= 0.6 is 0 Å². The molecule has 7 nitrogen and oxygen atoms in total. The van der Waals surface area contributed by atoms with Crippen LogP contribution in [0.4, 0.5) is 4.39 Å². The van der Waals surface area contributed by atoms with Crippen LogP contribution in [0.1, 0.15) is 43.3 Å². The Kier molecular flexibility index (Phi) is 6.79. The monoisotopic (exact) mass is 464 g/mol. The van der Waals surface area contributed by atoms with Gasteiger partial charge in [-0.3, -0.25) is 14.0 Å². The van der Waals surface area contributed by atoms with Gasteiger partial charge in [-0.25, -0.2) is 9.37 Å². The van der Waals surface area contributed by atoms with Crippen molar-refractivity contribution in [2.75, 3.05) is 26.2 Å². The zero-order chi connectivity index (χ0) is 24.4. The number of aliphatic hydroxyl groups is 1. The summed E-state index contributed by atoms with van der Waals surface area (Å²) in [6.07, 6.45) is 2.34. The Balaban J connectivity index is 1.83. The van der Waals surface area contributed by atoms with E-state index in [1.54, 1.807) is 47.9 Å². The van der Waals surface area contributed by atoms with Gasteiger partial charge in [0.15, 0.2) is 5.76 Å². The van der Waals surface area contributed by atoms with Crippen LogP contribution in [-0.2, 0) is 9.59 Å². The highest BCUT2D eigenvalue weighted by Gasteiger charge is 2.47. The Morgan fingerprint density at radius 1 is 1.12 bits per heavy atom. The van der Waals surface area contributed by atoms with E-state index in [0.29, 0.717) is 23.5 Å². The second-order valence-corrected chi connectivity index (χ2v) is 8.37. The van der Waals surface area contributed by atoms with E-state index < -0.39 is 23.5 Å². The predicted molar refractivity (Wildman–Crippen MR) is 128 cm³/mol. The molecule has 8 heteroatoms. The molecule has 1 N–H and O–H groups in total. The van der Waals surface area contributed by atoms with Crippen LogP contribution in [0.2, 0.25) is 0 Å². The van der Waals surface area contributed by atoms with Crippen molar-refractivity contribution in [2.45, 2.75) is 33.2 Å². The molecule has 3 aromatic rings. The molecule has 34 heavy (non-hydrogen) atoms. The Labute approximate surface area is 198 Å². The number of aliphatic hydroxyl groups excluding tert-OH is 1. The summed E-state index contributed by atoms with van der Waals surface area (Å²) in [6.45, 7) is 8.61. The van der Waals surface area contributed by atoms with E-state index in [1.165, 1.54) is 11.0 Å². The smallest absolute Gasteiger partial charge is 0.295 e. The number of pyridine rings is 1. The van der Waals surface area contributed by atoms with Crippen LogP contribution in [0.3, 0.4) is 0 Å². The molecule has 0 radical (unpaired) electrons. The molecule has 1 unspecified atom stereocenters. The number of rotatable bonds is 8. The summed E-state index contributed by atoms with van der Waals surface area (Å²) in [5.41, 5.74) is 1.48. The maximum Gasteiger partial charge on any atom is 0.295 e. The van der Waals surface area contributed by atoms with E-state index in [-0.39, 0.29) is 23.4 Å². The number of imidazole rings is 1. The predicted octanol–water partition coefficient (Wildman–Crippen LogP) is 3.94. The molecule has 0 aliphatic carbocycles. The molecule has 178 valence electrons. The number of nitrogens with zero attached hydrogens (tertiary/aromatic N) is 4. The Morgan fingerprint density at radius 3 is 2.53 bits per heavy atom. The Bertz CT molecular complexity index is 1260. The second kappa shape index (κ2) is 9.77. The van der Waals surface area contributed by atoms with Crippen molar-refractivity contribution in [1.29, 1.82) is 0 Å². The lowest BCUT2D eigenvalue weighted by atomic mass is 9.95. The van der Waals surface area contributed by atoms with Crippen LogP contribution in [0, 0.1) is 12.7 Å². The minimum atomic E-state index is -1.02. The molecule has 0 saturated carbocycles. The average Bonchev–Trinajstić information content (AvgIpc) is 3.30. The number of carbonyl (C=O) groups excluding carboxylic acids is 2. The van der Waals surface area contributed by atoms with Crippen LogP contribution in [-0.4, -0.2) is 62.2 Å². The number of carbonyl (C=O) groups is 2. The van der Waals surface area contributed by atoms with E-state index in [0.717, 1.165) is 19.6 Å². The molecular formula is C26H29FN4O3. The van der Waals surface area contributed by atoms with Gasteiger partial charge >= 0.3 is 0 Å². The van der Waals surface area contributed by atoms with Crippen molar-refractivity contribution in [1.82, 2.24) is 19.2 Å². The highest BCUT2D eigenvalue weighted by atomic mass is 19.1. The largest absolute Gasteiger partial charge is 0.505 e. The highest BCUT2D eigenvalue weighted by molar-refractivity contribution is 6.46. The van der Waals surface area contributed by atoms with Crippen LogP contribution in [0.5, 0.6) is 0 Å². The number of amides is 1. The fraction of sp³-hybridized carbons (Fsp3) is 0.346. The number of hydrogen-bond acceptors (Lipinski definition) is 5. The highest BCUT2D eigenvalue weighted by Crippen LogP contribution is 2.40. The minimum Gasteiger partial charge on any atom is -0.505 e. The SMILES string of the molecule is CCN(CC)CCCN1C(=O)C(=O)/C(=C(/O)c2c(C)nc3ccccn23)C1c1ccccc1F.